The van der Waals surface area contributed by atoms with Gasteiger partial charge in [0, 0.05) is 30.7 Å². The smallest absolute Gasteiger partial charge is 0.350 e. The van der Waals surface area contributed by atoms with E-state index in [1.165, 1.54) is 6.07 Å². The van der Waals surface area contributed by atoms with E-state index in [0.717, 1.165) is 28.7 Å². The number of amides is 3. The fourth-order valence-electron chi connectivity index (χ4n) is 5.05. The second-order valence-electron chi connectivity index (χ2n) is 11.1. The zero-order valence-corrected chi connectivity index (χ0v) is 23.0. The Hall–Kier alpha value is -4.41. The summed E-state index contributed by atoms with van der Waals surface area (Å²) >= 11 is 0. The van der Waals surface area contributed by atoms with E-state index in [-0.39, 0.29) is 25.0 Å². The minimum absolute atomic E-state index is 0.153. The average molecular weight is 565 g/mol. The molecule has 8 nitrogen and oxygen atoms in total. The van der Waals surface area contributed by atoms with Crippen LogP contribution in [0.3, 0.4) is 0 Å². The zero-order chi connectivity index (χ0) is 29.4. The molecule has 3 amide bonds. The molecule has 0 aliphatic carbocycles. The molecule has 4 aromatic rings. The number of hydrogen-bond acceptors (Lipinski definition) is 4. The highest BCUT2D eigenvalue weighted by Gasteiger charge is 2.32. The van der Waals surface area contributed by atoms with Crippen molar-refractivity contribution in [3.05, 3.63) is 82.9 Å². The van der Waals surface area contributed by atoms with Crippen molar-refractivity contribution in [2.75, 3.05) is 13.1 Å². The molecule has 2 heterocycles. The number of benzene rings is 3. The van der Waals surface area contributed by atoms with Gasteiger partial charge in [-0.1, -0.05) is 35.5 Å². The van der Waals surface area contributed by atoms with Crippen LogP contribution in [0.1, 0.15) is 47.8 Å². The van der Waals surface area contributed by atoms with Crippen LogP contribution in [0.2, 0.25) is 0 Å². The predicted octanol–water partition coefficient (Wildman–Crippen LogP) is 5.41. The number of fused-ring (bicyclic) bond motifs is 2. The number of rotatable bonds is 5. The molecule has 0 spiro atoms. The molecule has 0 bridgehead atoms. The standard InChI is InChI=1S/C30H31F3N6O2/c1-29(2,3)35-28(41)38-15-13-22-21(19-7-6-8-20(17-19)30(31,32)33)11-12-23(24(22)18-38)27(40)34-14-16-39-26-10-5-4-9-25(26)36-37-39/h4-12,17H,13-16,18H2,1-3H3,(H,34,40)(H,35,41). The Balaban J connectivity index is 1.44. The van der Waals surface area contributed by atoms with Crippen molar-refractivity contribution in [2.24, 2.45) is 0 Å². The van der Waals surface area contributed by atoms with Crippen molar-refractivity contribution >= 4 is 23.0 Å². The summed E-state index contributed by atoms with van der Waals surface area (Å²) in [6.07, 6.45) is -4.09. The Morgan fingerprint density at radius 2 is 1.76 bits per heavy atom. The molecule has 0 saturated heterocycles. The van der Waals surface area contributed by atoms with E-state index in [9.17, 15) is 22.8 Å². The van der Waals surface area contributed by atoms with Gasteiger partial charge in [-0.15, -0.1) is 5.10 Å². The van der Waals surface area contributed by atoms with Gasteiger partial charge in [-0.2, -0.15) is 13.2 Å². The first-order valence-corrected chi connectivity index (χ1v) is 13.4. The molecule has 1 aliphatic rings. The number of halogens is 3. The van der Waals surface area contributed by atoms with Crippen LogP contribution in [0.15, 0.2) is 60.7 Å². The van der Waals surface area contributed by atoms with Crippen LogP contribution in [-0.4, -0.2) is 50.5 Å². The molecule has 0 radical (unpaired) electrons. The normalized spacial score (nSPS) is 13.7. The third-order valence-electron chi connectivity index (χ3n) is 6.96. The lowest BCUT2D eigenvalue weighted by molar-refractivity contribution is -0.137. The van der Waals surface area contributed by atoms with Gasteiger partial charge in [0.2, 0.25) is 0 Å². The van der Waals surface area contributed by atoms with Crippen molar-refractivity contribution in [1.82, 2.24) is 30.5 Å². The van der Waals surface area contributed by atoms with Crippen molar-refractivity contribution in [1.29, 1.82) is 0 Å². The molecule has 0 unspecified atom stereocenters. The topological polar surface area (TPSA) is 92.2 Å². The van der Waals surface area contributed by atoms with Crippen molar-refractivity contribution in [3.8, 4) is 11.1 Å². The Bertz CT molecular complexity index is 1610. The maximum atomic E-state index is 13.5. The number of para-hydroxylation sites is 1. The van der Waals surface area contributed by atoms with E-state index in [0.29, 0.717) is 41.8 Å². The molecule has 0 saturated carbocycles. The lowest BCUT2D eigenvalue weighted by Gasteiger charge is -2.34. The quantitative estimate of drug-likeness (QED) is 0.339. The average Bonchev–Trinajstić information content (AvgIpc) is 3.33. The van der Waals surface area contributed by atoms with Crippen LogP contribution in [-0.2, 0) is 25.7 Å². The van der Waals surface area contributed by atoms with E-state index in [1.807, 2.05) is 45.0 Å². The summed E-state index contributed by atoms with van der Waals surface area (Å²) in [6.45, 7) is 6.84. The molecular weight excluding hydrogens is 533 g/mol. The van der Waals surface area contributed by atoms with Crippen LogP contribution in [0.25, 0.3) is 22.2 Å². The van der Waals surface area contributed by atoms with Gasteiger partial charge < -0.3 is 15.5 Å². The van der Waals surface area contributed by atoms with Gasteiger partial charge in [-0.25, -0.2) is 9.48 Å². The number of hydrogen-bond donors (Lipinski definition) is 2. The first kappa shape index (κ1) is 28.1. The van der Waals surface area contributed by atoms with E-state index in [2.05, 4.69) is 20.9 Å². The molecule has 1 aromatic heterocycles. The van der Waals surface area contributed by atoms with Gasteiger partial charge in [0.05, 0.1) is 17.6 Å². The first-order valence-electron chi connectivity index (χ1n) is 13.4. The molecule has 2 N–H and O–H groups in total. The predicted molar refractivity (Wildman–Crippen MR) is 149 cm³/mol. The number of carbonyl (C=O) groups excluding carboxylic acids is 2. The number of alkyl halides is 3. The third kappa shape index (κ3) is 6.18. The van der Waals surface area contributed by atoms with Gasteiger partial charge in [0.25, 0.3) is 5.91 Å². The van der Waals surface area contributed by atoms with Crippen LogP contribution in [0.5, 0.6) is 0 Å². The number of carbonyl (C=O) groups is 2. The molecule has 214 valence electrons. The Morgan fingerprint density at radius 1 is 0.976 bits per heavy atom. The summed E-state index contributed by atoms with van der Waals surface area (Å²) in [5.74, 6) is -0.334. The summed E-state index contributed by atoms with van der Waals surface area (Å²) in [6, 6.07) is 15.7. The molecular formula is C30H31F3N6O2. The molecule has 3 aromatic carbocycles. The summed E-state index contributed by atoms with van der Waals surface area (Å²) in [5.41, 5.74) is 3.21. The Morgan fingerprint density at radius 3 is 2.51 bits per heavy atom. The minimum atomic E-state index is -4.48. The van der Waals surface area contributed by atoms with Crippen LogP contribution >= 0.6 is 0 Å². The Kier molecular flexibility index (Phi) is 7.46. The summed E-state index contributed by atoms with van der Waals surface area (Å²) < 4.78 is 42.1. The van der Waals surface area contributed by atoms with Crippen molar-refractivity contribution in [2.45, 2.75) is 52.0 Å². The molecule has 11 heteroatoms. The molecule has 41 heavy (non-hydrogen) atoms. The molecule has 1 aliphatic heterocycles. The number of nitrogens with one attached hydrogen (secondary N) is 2. The van der Waals surface area contributed by atoms with Gasteiger partial charge in [0.15, 0.2) is 0 Å². The lowest BCUT2D eigenvalue weighted by atomic mass is 9.87. The van der Waals surface area contributed by atoms with Crippen LogP contribution in [0.4, 0.5) is 18.0 Å². The largest absolute Gasteiger partial charge is 0.416 e. The number of aromatic nitrogens is 3. The molecule has 5 rings (SSSR count). The van der Waals surface area contributed by atoms with Crippen LogP contribution < -0.4 is 10.6 Å². The number of nitrogens with zero attached hydrogens (tertiary/aromatic N) is 4. The summed E-state index contributed by atoms with van der Waals surface area (Å²) in [7, 11) is 0. The highest BCUT2D eigenvalue weighted by molar-refractivity contribution is 5.97. The fraction of sp³-hybridized carbons (Fsp3) is 0.333. The minimum Gasteiger partial charge on any atom is -0.350 e. The molecule has 0 atom stereocenters. The summed E-state index contributed by atoms with van der Waals surface area (Å²) in [4.78, 5) is 28.0. The van der Waals surface area contributed by atoms with E-state index >= 15 is 0 Å². The van der Waals surface area contributed by atoms with E-state index < -0.39 is 17.3 Å². The number of urea groups is 1. The highest BCUT2D eigenvalue weighted by atomic mass is 19.4. The third-order valence-corrected chi connectivity index (χ3v) is 6.96. The molecule has 0 fully saturated rings. The Labute approximate surface area is 235 Å². The van der Waals surface area contributed by atoms with E-state index in [4.69, 9.17) is 0 Å². The van der Waals surface area contributed by atoms with Gasteiger partial charge in [0.1, 0.15) is 5.52 Å². The zero-order valence-electron chi connectivity index (χ0n) is 23.0. The van der Waals surface area contributed by atoms with Gasteiger partial charge in [-0.3, -0.25) is 4.79 Å². The maximum absolute atomic E-state index is 13.5. The van der Waals surface area contributed by atoms with Crippen LogP contribution in [0, 0.1) is 0 Å². The van der Waals surface area contributed by atoms with Gasteiger partial charge in [-0.05, 0) is 79.8 Å². The SMILES string of the molecule is CC(C)(C)NC(=O)N1CCc2c(-c3cccc(C(F)(F)F)c3)ccc(C(=O)NCCn3nnc4ccccc43)c2C1. The lowest BCUT2D eigenvalue weighted by Crippen LogP contribution is -2.50. The monoisotopic (exact) mass is 564 g/mol. The second kappa shape index (κ2) is 10.9. The second-order valence-corrected chi connectivity index (χ2v) is 11.1. The van der Waals surface area contributed by atoms with E-state index in [1.54, 1.807) is 27.8 Å². The fourth-order valence-corrected chi connectivity index (χ4v) is 5.05. The first-order chi connectivity index (χ1) is 19.4. The van der Waals surface area contributed by atoms with Crippen molar-refractivity contribution < 1.29 is 22.8 Å². The summed E-state index contributed by atoms with van der Waals surface area (Å²) in [5, 5.41) is 14.2. The van der Waals surface area contributed by atoms with Crippen molar-refractivity contribution in [3.63, 3.8) is 0 Å². The highest BCUT2D eigenvalue weighted by Crippen LogP contribution is 2.36. The van der Waals surface area contributed by atoms with Gasteiger partial charge >= 0.3 is 12.2 Å². The maximum Gasteiger partial charge on any atom is 0.416 e.